The molecule has 3 aromatic rings. The molecule has 0 atom stereocenters. The quantitative estimate of drug-likeness (QED) is 0.707. The Morgan fingerprint density at radius 3 is 1.90 bits per heavy atom. The van der Waals surface area contributed by atoms with E-state index in [4.69, 9.17) is 0 Å². The smallest absolute Gasteiger partial charge is 0.340 e. The number of rotatable bonds is 4. The van der Waals surface area contributed by atoms with Crippen LogP contribution >= 0.6 is 0 Å². The van der Waals surface area contributed by atoms with Gasteiger partial charge in [-0.05, 0) is 11.1 Å². The van der Waals surface area contributed by atoms with Crippen LogP contribution in [0.1, 0.15) is 22.9 Å². The molecule has 1 fully saturated rings. The minimum atomic E-state index is -4.66. The second-order valence-electron chi connectivity index (χ2n) is 7.20. The van der Waals surface area contributed by atoms with E-state index in [9.17, 15) is 18.0 Å². The molecule has 0 saturated carbocycles. The van der Waals surface area contributed by atoms with Gasteiger partial charge in [-0.15, -0.1) is 0 Å². The van der Waals surface area contributed by atoms with E-state index in [1.807, 2.05) is 36.4 Å². The maximum atomic E-state index is 13.0. The normalized spacial score (nSPS) is 15.5. The van der Waals surface area contributed by atoms with Gasteiger partial charge >= 0.3 is 6.18 Å². The van der Waals surface area contributed by atoms with Gasteiger partial charge in [-0.1, -0.05) is 60.7 Å². The summed E-state index contributed by atoms with van der Waals surface area (Å²) in [4.78, 5) is 21.8. The number of alkyl halides is 3. The van der Waals surface area contributed by atoms with E-state index in [0.717, 1.165) is 11.1 Å². The summed E-state index contributed by atoms with van der Waals surface area (Å²) in [5, 5.41) is 0. The van der Waals surface area contributed by atoms with Crippen molar-refractivity contribution in [1.29, 1.82) is 0 Å². The van der Waals surface area contributed by atoms with Crippen LogP contribution < -0.4 is 10.5 Å². The standard InChI is InChI=1S/C22H21F3N4O/c23-22(24,25)18-15-19(30)27-21(26-18)29-13-11-28(12-14-29)20(16-7-3-1-4-8-16)17-9-5-2-6-10-17/h1-10,15,20H,11-14H2,(H,26,27,30). The molecule has 1 aliphatic rings. The van der Waals surface area contributed by atoms with Crippen molar-refractivity contribution in [2.45, 2.75) is 12.2 Å². The van der Waals surface area contributed by atoms with Gasteiger partial charge in [0.2, 0.25) is 5.95 Å². The number of anilines is 1. The fourth-order valence-electron chi connectivity index (χ4n) is 3.82. The number of halogens is 3. The first-order valence-electron chi connectivity index (χ1n) is 9.69. The molecule has 30 heavy (non-hydrogen) atoms. The van der Waals surface area contributed by atoms with Gasteiger partial charge in [-0.2, -0.15) is 13.2 Å². The van der Waals surface area contributed by atoms with Gasteiger partial charge in [-0.25, -0.2) is 4.98 Å². The lowest BCUT2D eigenvalue weighted by Crippen LogP contribution is -2.48. The van der Waals surface area contributed by atoms with Crippen LogP contribution in [0.25, 0.3) is 0 Å². The molecule has 0 bridgehead atoms. The fourth-order valence-corrected chi connectivity index (χ4v) is 3.82. The topological polar surface area (TPSA) is 52.2 Å². The van der Waals surface area contributed by atoms with Crippen LogP contribution in [0.2, 0.25) is 0 Å². The molecule has 1 aromatic heterocycles. The number of piperazine rings is 1. The van der Waals surface area contributed by atoms with Gasteiger partial charge in [0.15, 0.2) is 5.69 Å². The van der Waals surface area contributed by atoms with Crippen molar-refractivity contribution >= 4 is 5.95 Å². The summed E-state index contributed by atoms with van der Waals surface area (Å²) in [7, 11) is 0. The Hall–Kier alpha value is -3.13. The number of nitrogens with one attached hydrogen (secondary N) is 1. The van der Waals surface area contributed by atoms with E-state index >= 15 is 0 Å². The first-order chi connectivity index (χ1) is 14.4. The highest BCUT2D eigenvalue weighted by Crippen LogP contribution is 2.31. The SMILES string of the molecule is O=c1cc(C(F)(F)F)nc(N2CCN(C(c3ccccc3)c3ccccc3)CC2)[nH]1. The number of aromatic amines is 1. The monoisotopic (exact) mass is 414 g/mol. The molecule has 156 valence electrons. The zero-order chi connectivity index (χ0) is 21.1. The highest BCUT2D eigenvalue weighted by molar-refractivity contribution is 5.35. The zero-order valence-electron chi connectivity index (χ0n) is 16.1. The van der Waals surface area contributed by atoms with Gasteiger partial charge < -0.3 is 4.90 Å². The van der Waals surface area contributed by atoms with E-state index in [1.54, 1.807) is 4.90 Å². The molecule has 8 heteroatoms. The average Bonchev–Trinajstić information content (AvgIpc) is 2.75. The Bertz CT molecular complexity index is 990. The fraction of sp³-hybridized carbons (Fsp3) is 0.273. The van der Waals surface area contributed by atoms with Gasteiger partial charge in [0.05, 0.1) is 6.04 Å². The summed E-state index contributed by atoms with van der Waals surface area (Å²) in [6.45, 7) is 2.16. The van der Waals surface area contributed by atoms with Crippen LogP contribution in [0.5, 0.6) is 0 Å². The molecule has 0 aliphatic carbocycles. The van der Waals surface area contributed by atoms with Crippen LogP contribution in [0.4, 0.5) is 19.1 Å². The third-order valence-electron chi connectivity index (χ3n) is 5.23. The van der Waals surface area contributed by atoms with Crippen molar-refractivity contribution in [2.24, 2.45) is 0 Å². The summed E-state index contributed by atoms with van der Waals surface area (Å²) in [6, 6.07) is 20.8. The van der Waals surface area contributed by atoms with Crippen molar-refractivity contribution < 1.29 is 13.2 Å². The lowest BCUT2D eigenvalue weighted by molar-refractivity contribution is -0.141. The van der Waals surface area contributed by atoms with Crippen LogP contribution in [0.15, 0.2) is 71.5 Å². The van der Waals surface area contributed by atoms with Crippen molar-refractivity contribution in [1.82, 2.24) is 14.9 Å². The molecular weight excluding hydrogens is 393 g/mol. The van der Waals surface area contributed by atoms with Crippen LogP contribution in [0.3, 0.4) is 0 Å². The third-order valence-corrected chi connectivity index (χ3v) is 5.23. The summed E-state index contributed by atoms with van der Waals surface area (Å²) >= 11 is 0. The van der Waals surface area contributed by atoms with Gasteiger partial charge in [0.1, 0.15) is 0 Å². The van der Waals surface area contributed by atoms with Gasteiger partial charge in [-0.3, -0.25) is 14.7 Å². The molecule has 0 spiro atoms. The van der Waals surface area contributed by atoms with Crippen molar-refractivity contribution in [3.05, 3.63) is 93.9 Å². The molecule has 2 aromatic carbocycles. The largest absolute Gasteiger partial charge is 0.433 e. The van der Waals surface area contributed by atoms with Crippen LogP contribution in [0, 0.1) is 0 Å². The van der Waals surface area contributed by atoms with E-state index in [0.29, 0.717) is 32.2 Å². The molecule has 1 aliphatic heterocycles. The number of aromatic nitrogens is 2. The van der Waals surface area contributed by atoms with E-state index in [2.05, 4.69) is 39.1 Å². The summed E-state index contributed by atoms with van der Waals surface area (Å²) in [5.74, 6) is -0.0366. The van der Waals surface area contributed by atoms with Crippen molar-refractivity contribution in [3.63, 3.8) is 0 Å². The molecule has 5 nitrogen and oxygen atoms in total. The van der Waals surface area contributed by atoms with Gasteiger partial charge in [0.25, 0.3) is 5.56 Å². The van der Waals surface area contributed by atoms with E-state index in [1.165, 1.54) is 0 Å². The lowest BCUT2D eigenvalue weighted by Gasteiger charge is -2.40. The Balaban J connectivity index is 1.56. The molecule has 4 rings (SSSR count). The molecular formula is C22H21F3N4O. The third kappa shape index (κ3) is 4.38. The maximum Gasteiger partial charge on any atom is 0.433 e. The minimum Gasteiger partial charge on any atom is -0.340 e. The second-order valence-corrected chi connectivity index (χ2v) is 7.20. The Morgan fingerprint density at radius 1 is 0.867 bits per heavy atom. The number of benzene rings is 2. The van der Waals surface area contributed by atoms with Gasteiger partial charge in [0, 0.05) is 32.2 Å². The van der Waals surface area contributed by atoms with Crippen LogP contribution in [-0.2, 0) is 6.18 Å². The van der Waals surface area contributed by atoms with E-state index in [-0.39, 0.29) is 12.0 Å². The molecule has 0 radical (unpaired) electrons. The Kier molecular flexibility index (Phi) is 5.59. The maximum absolute atomic E-state index is 13.0. The average molecular weight is 414 g/mol. The van der Waals surface area contributed by atoms with Crippen molar-refractivity contribution in [2.75, 3.05) is 31.1 Å². The number of hydrogen-bond donors (Lipinski definition) is 1. The second kappa shape index (κ2) is 8.31. The molecule has 2 heterocycles. The first-order valence-corrected chi connectivity index (χ1v) is 9.69. The zero-order valence-corrected chi connectivity index (χ0v) is 16.1. The number of hydrogen-bond acceptors (Lipinski definition) is 4. The predicted octanol–water partition coefficient (Wildman–Crippen LogP) is 3.70. The Labute approximate surface area is 171 Å². The molecule has 1 saturated heterocycles. The lowest BCUT2D eigenvalue weighted by atomic mass is 9.96. The summed E-state index contributed by atoms with van der Waals surface area (Å²) in [5.41, 5.74) is 0.335. The summed E-state index contributed by atoms with van der Waals surface area (Å²) in [6.07, 6.45) is -4.66. The Morgan fingerprint density at radius 2 is 1.40 bits per heavy atom. The first kappa shape index (κ1) is 20.2. The molecule has 1 N–H and O–H groups in total. The minimum absolute atomic E-state index is 0.0366. The number of nitrogens with zero attached hydrogens (tertiary/aromatic N) is 3. The van der Waals surface area contributed by atoms with E-state index < -0.39 is 17.4 Å². The number of H-pyrrole nitrogens is 1. The molecule has 0 amide bonds. The molecule has 0 unspecified atom stereocenters. The van der Waals surface area contributed by atoms with Crippen molar-refractivity contribution in [3.8, 4) is 0 Å². The predicted molar refractivity (Wildman–Crippen MR) is 108 cm³/mol. The van der Waals surface area contributed by atoms with Crippen LogP contribution in [-0.4, -0.2) is 41.0 Å². The summed E-state index contributed by atoms with van der Waals surface area (Å²) < 4.78 is 39.0. The highest BCUT2D eigenvalue weighted by atomic mass is 19.4. The highest BCUT2D eigenvalue weighted by Gasteiger charge is 2.34.